The molecule has 2 rings (SSSR count). The molecule has 0 aromatic carbocycles. The molecule has 0 bridgehead atoms. The van der Waals surface area contributed by atoms with E-state index in [4.69, 9.17) is 4.74 Å². The molecule has 1 unspecified atom stereocenters. The first kappa shape index (κ1) is 10.9. The van der Waals surface area contributed by atoms with Gasteiger partial charge in [0.2, 0.25) is 0 Å². The Balaban J connectivity index is 2.07. The maximum atomic E-state index is 11.9. The summed E-state index contributed by atoms with van der Waals surface area (Å²) in [5.74, 6) is 0.742. The lowest BCUT2D eigenvalue weighted by atomic mass is 9.76. The van der Waals surface area contributed by atoms with E-state index in [-0.39, 0.29) is 11.5 Å². The van der Waals surface area contributed by atoms with Crippen LogP contribution in [-0.2, 0) is 9.53 Å². The Labute approximate surface area is 91.6 Å². The Bertz CT molecular complexity index is 244. The summed E-state index contributed by atoms with van der Waals surface area (Å²) in [7, 11) is 0. The van der Waals surface area contributed by atoms with E-state index >= 15 is 0 Å². The topological polar surface area (TPSA) is 38.3 Å². The van der Waals surface area contributed by atoms with Crippen molar-refractivity contribution in [3.8, 4) is 0 Å². The van der Waals surface area contributed by atoms with Gasteiger partial charge in [0.1, 0.15) is 12.1 Å². The summed E-state index contributed by atoms with van der Waals surface area (Å²) in [4.78, 5) is 11.9. The SMILES string of the molecule is CCC1COC(=O)C2(CCC(C)CC2)N1. The minimum Gasteiger partial charge on any atom is -0.463 e. The van der Waals surface area contributed by atoms with Crippen molar-refractivity contribution in [2.45, 2.75) is 57.5 Å². The summed E-state index contributed by atoms with van der Waals surface area (Å²) in [5, 5.41) is 3.51. The second kappa shape index (κ2) is 4.12. The van der Waals surface area contributed by atoms with Crippen LogP contribution >= 0.6 is 0 Å². The maximum Gasteiger partial charge on any atom is 0.326 e. The first-order chi connectivity index (χ1) is 7.16. The lowest BCUT2D eigenvalue weighted by Crippen LogP contribution is -2.63. The van der Waals surface area contributed by atoms with Crippen molar-refractivity contribution in [3.05, 3.63) is 0 Å². The third-order valence-corrected chi connectivity index (χ3v) is 3.91. The third-order valence-electron chi connectivity index (χ3n) is 3.91. The first-order valence-corrected chi connectivity index (χ1v) is 6.11. The molecule has 1 atom stereocenters. The lowest BCUT2D eigenvalue weighted by molar-refractivity contribution is -0.161. The first-order valence-electron chi connectivity index (χ1n) is 6.11. The zero-order chi connectivity index (χ0) is 10.9. The Morgan fingerprint density at radius 3 is 2.73 bits per heavy atom. The van der Waals surface area contributed by atoms with E-state index in [0.717, 1.165) is 38.0 Å². The Morgan fingerprint density at radius 1 is 1.47 bits per heavy atom. The zero-order valence-electron chi connectivity index (χ0n) is 9.71. The number of rotatable bonds is 1. The molecule has 0 amide bonds. The highest BCUT2D eigenvalue weighted by atomic mass is 16.5. The monoisotopic (exact) mass is 211 g/mol. The van der Waals surface area contributed by atoms with Crippen LogP contribution < -0.4 is 5.32 Å². The number of carbonyl (C=O) groups is 1. The van der Waals surface area contributed by atoms with Gasteiger partial charge in [0.05, 0.1) is 0 Å². The smallest absolute Gasteiger partial charge is 0.326 e. The average Bonchev–Trinajstić information content (AvgIpc) is 2.26. The molecule has 1 spiro atoms. The largest absolute Gasteiger partial charge is 0.463 e. The van der Waals surface area contributed by atoms with E-state index in [9.17, 15) is 4.79 Å². The van der Waals surface area contributed by atoms with Crippen LogP contribution in [0.15, 0.2) is 0 Å². The molecule has 2 aliphatic rings. The van der Waals surface area contributed by atoms with Crippen molar-refractivity contribution in [1.29, 1.82) is 0 Å². The van der Waals surface area contributed by atoms with Crippen LogP contribution in [0.1, 0.15) is 46.0 Å². The van der Waals surface area contributed by atoms with Gasteiger partial charge in [-0.15, -0.1) is 0 Å². The van der Waals surface area contributed by atoms with Crippen molar-refractivity contribution in [2.75, 3.05) is 6.61 Å². The van der Waals surface area contributed by atoms with E-state index in [1.165, 1.54) is 0 Å². The Hall–Kier alpha value is -0.570. The molecule has 1 saturated carbocycles. The van der Waals surface area contributed by atoms with Gasteiger partial charge in [-0.2, -0.15) is 0 Å². The zero-order valence-corrected chi connectivity index (χ0v) is 9.71. The van der Waals surface area contributed by atoms with E-state index in [1.54, 1.807) is 0 Å². The minimum atomic E-state index is -0.342. The number of hydrogen-bond acceptors (Lipinski definition) is 3. The van der Waals surface area contributed by atoms with E-state index in [0.29, 0.717) is 12.6 Å². The van der Waals surface area contributed by atoms with Crippen LogP contribution in [0.3, 0.4) is 0 Å². The number of morpholine rings is 1. The van der Waals surface area contributed by atoms with Crippen LogP contribution in [0.2, 0.25) is 0 Å². The fraction of sp³-hybridized carbons (Fsp3) is 0.917. The van der Waals surface area contributed by atoms with E-state index in [2.05, 4.69) is 19.2 Å². The van der Waals surface area contributed by atoms with Crippen molar-refractivity contribution < 1.29 is 9.53 Å². The highest BCUT2D eigenvalue weighted by Crippen LogP contribution is 2.35. The van der Waals surface area contributed by atoms with Crippen molar-refractivity contribution >= 4 is 5.97 Å². The molecule has 0 aromatic heterocycles. The predicted molar refractivity (Wildman–Crippen MR) is 58.5 cm³/mol. The predicted octanol–water partition coefficient (Wildman–Crippen LogP) is 1.86. The Morgan fingerprint density at radius 2 is 2.13 bits per heavy atom. The average molecular weight is 211 g/mol. The molecule has 86 valence electrons. The van der Waals surface area contributed by atoms with Crippen molar-refractivity contribution in [3.63, 3.8) is 0 Å². The molecule has 3 heteroatoms. The van der Waals surface area contributed by atoms with Crippen LogP contribution in [0.5, 0.6) is 0 Å². The number of esters is 1. The number of hydrogen-bond donors (Lipinski definition) is 1. The van der Waals surface area contributed by atoms with Gasteiger partial charge in [-0.1, -0.05) is 13.8 Å². The van der Waals surface area contributed by atoms with Gasteiger partial charge in [0.25, 0.3) is 0 Å². The molecule has 0 radical (unpaired) electrons. The van der Waals surface area contributed by atoms with Gasteiger partial charge < -0.3 is 4.74 Å². The summed E-state index contributed by atoms with van der Waals surface area (Å²) in [6.07, 6.45) is 5.20. The van der Waals surface area contributed by atoms with Crippen LogP contribution in [-0.4, -0.2) is 24.2 Å². The van der Waals surface area contributed by atoms with Crippen LogP contribution in [0.4, 0.5) is 0 Å². The summed E-state index contributed by atoms with van der Waals surface area (Å²) in [6.45, 7) is 4.95. The van der Waals surface area contributed by atoms with Crippen molar-refractivity contribution in [1.82, 2.24) is 5.32 Å². The molecule has 1 heterocycles. The van der Waals surface area contributed by atoms with Gasteiger partial charge in [-0.05, 0) is 38.0 Å². The second-order valence-electron chi connectivity index (χ2n) is 5.11. The van der Waals surface area contributed by atoms with Gasteiger partial charge >= 0.3 is 5.97 Å². The molecule has 2 fully saturated rings. The van der Waals surface area contributed by atoms with Crippen LogP contribution in [0.25, 0.3) is 0 Å². The molecule has 1 aliphatic carbocycles. The summed E-state index contributed by atoms with van der Waals surface area (Å²) < 4.78 is 5.31. The summed E-state index contributed by atoms with van der Waals surface area (Å²) in [5.41, 5.74) is -0.342. The number of ether oxygens (including phenoxy) is 1. The second-order valence-corrected chi connectivity index (χ2v) is 5.11. The van der Waals surface area contributed by atoms with Crippen molar-refractivity contribution in [2.24, 2.45) is 5.92 Å². The molecule has 15 heavy (non-hydrogen) atoms. The standard InChI is InChI=1S/C12H21NO2/c1-3-10-8-15-11(14)12(13-10)6-4-9(2)5-7-12/h9-10,13H,3-8H2,1-2H3. The molecule has 1 N–H and O–H groups in total. The van der Waals surface area contributed by atoms with E-state index in [1.807, 2.05) is 0 Å². The molecule has 0 aromatic rings. The number of cyclic esters (lactones) is 1. The maximum absolute atomic E-state index is 11.9. The highest BCUT2D eigenvalue weighted by Gasteiger charge is 2.46. The lowest BCUT2D eigenvalue weighted by Gasteiger charge is -2.43. The quantitative estimate of drug-likeness (QED) is 0.673. The fourth-order valence-corrected chi connectivity index (χ4v) is 2.63. The highest BCUT2D eigenvalue weighted by molar-refractivity contribution is 5.81. The molecule has 1 aliphatic heterocycles. The minimum absolute atomic E-state index is 0.0147. The third kappa shape index (κ3) is 2.03. The molecule has 1 saturated heterocycles. The summed E-state index contributed by atoms with van der Waals surface area (Å²) in [6, 6.07) is 0.358. The molecular weight excluding hydrogens is 190 g/mol. The Kier molecular flexibility index (Phi) is 3.01. The number of nitrogens with one attached hydrogen (secondary N) is 1. The van der Waals surface area contributed by atoms with Crippen LogP contribution in [0, 0.1) is 5.92 Å². The van der Waals surface area contributed by atoms with E-state index < -0.39 is 0 Å². The van der Waals surface area contributed by atoms with Gasteiger partial charge in [-0.3, -0.25) is 10.1 Å². The normalized spacial score (nSPS) is 41.6. The summed E-state index contributed by atoms with van der Waals surface area (Å²) >= 11 is 0. The fourth-order valence-electron chi connectivity index (χ4n) is 2.63. The van der Waals surface area contributed by atoms with Gasteiger partial charge in [0.15, 0.2) is 0 Å². The molecular formula is C12H21NO2. The van der Waals surface area contributed by atoms with Gasteiger partial charge in [0, 0.05) is 6.04 Å². The molecule has 3 nitrogen and oxygen atoms in total. The van der Waals surface area contributed by atoms with Gasteiger partial charge in [-0.25, -0.2) is 0 Å². The number of carbonyl (C=O) groups excluding carboxylic acids is 1.